The van der Waals surface area contributed by atoms with Gasteiger partial charge in [-0.15, -0.1) is 0 Å². The van der Waals surface area contributed by atoms with E-state index >= 15 is 0 Å². The molecule has 0 N–H and O–H groups in total. The fraction of sp³-hybridized carbons (Fsp3) is 0.533. The molecule has 0 unspecified atom stereocenters. The van der Waals surface area contributed by atoms with Gasteiger partial charge in [-0.05, 0) is 55.2 Å². The lowest BCUT2D eigenvalue weighted by molar-refractivity contribution is 0.0480. The molecule has 1 heterocycles. The van der Waals surface area contributed by atoms with Crippen molar-refractivity contribution in [3.63, 3.8) is 0 Å². The van der Waals surface area contributed by atoms with E-state index in [9.17, 15) is 4.79 Å². The zero-order valence-electron chi connectivity index (χ0n) is 10.9. The van der Waals surface area contributed by atoms with Gasteiger partial charge in [0.25, 0.3) is 0 Å². The van der Waals surface area contributed by atoms with Crippen molar-refractivity contribution in [2.75, 3.05) is 18.1 Å². The summed E-state index contributed by atoms with van der Waals surface area (Å²) in [5.74, 6) is 3.08. The Kier molecular flexibility index (Phi) is 5.12. The zero-order chi connectivity index (χ0) is 12.8. The van der Waals surface area contributed by atoms with Gasteiger partial charge in [0, 0.05) is 0 Å². The molecule has 1 aliphatic rings. The van der Waals surface area contributed by atoms with Gasteiger partial charge in [-0.1, -0.05) is 18.2 Å². The maximum atomic E-state index is 11.9. The SMILES string of the molecule is Cc1ccccc1C(=O)OCCC1CCSCC1. The summed E-state index contributed by atoms with van der Waals surface area (Å²) < 4.78 is 5.37. The number of carbonyl (C=O) groups excluding carboxylic acids is 1. The third-order valence-corrected chi connectivity index (χ3v) is 4.51. The molecule has 0 aromatic heterocycles. The summed E-state index contributed by atoms with van der Waals surface area (Å²) in [6.07, 6.45) is 3.55. The lowest BCUT2D eigenvalue weighted by atomic mass is 9.99. The number of esters is 1. The Hall–Kier alpha value is -0.960. The zero-order valence-corrected chi connectivity index (χ0v) is 11.7. The van der Waals surface area contributed by atoms with E-state index in [1.807, 2.05) is 43.0 Å². The fourth-order valence-electron chi connectivity index (χ4n) is 2.23. The molecule has 0 bridgehead atoms. The highest BCUT2D eigenvalue weighted by molar-refractivity contribution is 7.99. The first-order chi connectivity index (χ1) is 8.77. The molecule has 1 aliphatic heterocycles. The number of rotatable bonds is 4. The van der Waals surface area contributed by atoms with Crippen molar-refractivity contribution in [3.05, 3.63) is 35.4 Å². The van der Waals surface area contributed by atoms with Gasteiger partial charge in [0.2, 0.25) is 0 Å². The summed E-state index contributed by atoms with van der Waals surface area (Å²) in [5.41, 5.74) is 1.67. The largest absolute Gasteiger partial charge is 0.462 e. The first-order valence-corrected chi connectivity index (χ1v) is 7.73. The molecular formula is C15H20O2S. The van der Waals surface area contributed by atoms with Crippen LogP contribution in [-0.2, 0) is 4.74 Å². The Labute approximate surface area is 113 Å². The summed E-state index contributed by atoms with van der Waals surface area (Å²) >= 11 is 2.03. The van der Waals surface area contributed by atoms with Crippen molar-refractivity contribution >= 4 is 17.7 Å². The second kappa shape index (κ2) is 6.83. The minimum absolute atomic E-state index is 0.182. The van der Waals surface area contributed by atoms with Crippen LogP contribution in [0.25, 0.3) is 0 Å². The molecule has 18 heavy (non-hydrogen) atoms. The fourth-order valence-corrected chi connectivity index (χ4v) is 3.44. The molecule has 1 saturated heterocycles. The predicted octanol–water partition coefficient (Wildman–Crippen LogP) is 3.69. The second-order valence-corrected chi connectivity index (χ2v) is 6.02. The molecule has 0 amide bonds. The van der Waals surface area contributed by atoms with Gasteiger partial charge in [-0.25, -0.2) is 4.79 Å². The van der Waals surface area contributed by atoms with Crippen molar-refractivity contribution in [2.24, 2.45) is 5.92 Å². The third kappa shape index (κ3) is 3.77. The van der Waals surface area contributed by atoms with Crippen LogP contribution in [0.2, 0.25) is 0 Å². The third-order valence-electron chi connectivity index (χ3n) is 3.47. The van der Waals surface area contributed by atoms with Crippen molar-refractivity contribution in [1.29, 1.82) is 0 Å². The highest BCUT2D eigenvalue weighted by Gasteiger charge is 2.15. The van der Waals surface area contributed by atoms with Crippen LogP contribution in [0, 0.1) is 12.8 Å². The van der Waals surface area contributed by atoms with Crippen LogP contribution in [0.4, 0.5) is 0 Å². The summed E-state index contributed by atoms with van der Waals surface area (Å²) in [6, 6.07) is 7.58. The van der Waals surface area contributed by atoms with E-state index in [1.165, 1.54) is 24.3 Å². The number of aryl methyl sites for hydroxylation is 1. The molecule has 0 saturated carbocycles. The average molecular weight is 264 g/mol. The van der Waals surface area contributed by atoms with Crippen LogP contribution < -0.4 is 0 Å². The molecule has 3 heteroatoms. The number of benzene rings is 1. The number of hydrogen-bond acceptors (Lipinski definition) is 3. The first-order valence-electron chi connectivity index (χ1n) is 6.58. The van der Waals surface area contributed by atoms with E-state index in [1.54, 1.807) is 0 Å². The Morgan fingerprint density at radius 3 is 2.78 bits per heavy atom. The summed E-state index contributed by atoms with van der Waals surface area (Å²) in [7, 11) is 0. The summed E-state index contributed by atoms with van der Waals surface area (Å²) in [5, 5.41) is 0. The first kappa shape index (κ1) is 13.5. The van der Waals surface area contributed by atoms with Crippen LogP contribution in [0.3, 0.4) is 0 Å². The molecule has 2 nitrogen and oxygen atoms in total. The highest BCUT2D eigenvalue weighted by Crippen LogP contribution is 2.25. The molecule has 2 rings (SSSR count). The van der Waals surface area contributed by atoms with Crippen LogP contribution in [-0.4, -0.2) is 24.1 Å². The number of hydrogen-bond donors (Lipinski definition) is 0. The topological polar surface area (TPSA) is 26.3 Å². The molecule has 0 radical (unpaired) electrons. The smallest absolute Gasteiger partial charge is 0.338 e. The maximum Gasteiger partial charge on any atom is 0.338 e. The average Bonchev–Trinajstić information content (AvgIpc) is 2.40. The quantitative estimate of drug-likeness (QED) is 0.776. The molecule has 1 aromatic rings. The van der Waals surface area contributed by atoms with Gasteiger partial charge in [-0.3, -0.25) is 0 Å². The Bertz CT molecular complexity index is 397. The molecule has 0 spiro atoms. The van der Waals surface area contributed by atoms with Crippen molar-refractivity contribution in [1.82, 2.24) is 0 Å². The molecule has 1 fully saturated rings. The van der Waals surface area contributed by atoms with Crippen LogP contribution in [0.15, 0.2) is 24.3 Å². The highest BCUT2D eigenvalue weighted by atomic mass is 32.2. The van der Waals surface area contributed by atoms with Gasteiger partial charge in [0.05, 0.1) is 12.2 Å². The van der Waals surface area contributed by atoms with Gasteiger partial charge in [0.15, 0.2) is 0 Å². The minimum atomic E-state index is -0.182. The number of carbonyl (C=O) groups is 1. The van der Waals surface area contributed by atoms with E-state index in [-0.39, 0.29) is 5.97 Å². The number of thioether (sulfide) groups is 1. The van der Waals surface area contributed by atoms with E-state index in [0.29, 0.717) is 12.2 Å². The Balaban J connectivity index is 1.76. The molecule has 0 atom stereocenters. The van der Waals surface area contributed by atoms with E-state index in [4.69, 9.17) is 4.74 Å². The van der Waals surface area contributed by atoms with Crippen molar-refractivity contribution in [2.45, 2.75) is 26.2 Å². The van der Waals surface area contributed by atoms with Gasteiger partial charge < -0.3 is 4.74 Å². The van der Waals surface area contributed by atoms with Gasteiger partial charge >= 0.3 is 5.97 Å². The Morgan fingerprint density at radius 2 is 2.06 bits per heavy atom. The molecular weight excluding hydrogens is 244 g/mol. The lowest BCUT2D eigenvalue weighted by Crippen LogP contribution is -2.14. The van der Waals surface area contributed by atoms with Gasteiger partial charge in [-0.2, -0.15) is 11.8 Å². The summed E-state index contributed by atoms with van der Waals surface area (Å²) in [6.45, 7) is 2.50. The maximum absolute atomic E-state index is 11.9. The molecule has 1 aromatic carbocycles. The van der Waals surface area contributed by atoms with Crippen molar-refractivity contribution < 1.29 is 9.53 Å². The van der Waals surface area contributed by atoms with E-state index < -0.39 is 0 Å². The second-order valence-electron chi connectivity index (χ2n) is 4.80. The molecule has 98 valence electrons. The lowest BCUT2D eigenvalue weighted by Gasteiger charge is -2.20. The Morgan fingerprint density at radius 1 is 1.33 bits per heavy atom. The van der Waals surface area contributed by atoms with Gasteiger partial charge in [0.1, 0.15) is 0 Å². The van der Waals surface area contributed by atoms with Crippen LogP contribution in [0.5, 0.6) is 0 Å². The normalized spacial score (nSPS) is 16.5. The number of ether oxygens (including phenoxy) is 1. The minimum Gasteiger partial charge on any atom is -0.462 e. The summed E-state index contributed by atoms with van der Waals surface area (Å²) in [4.78, 5) is 11.9. The molecule has 0 aliphatic carbocycles. The van der Waals surface area contributed by atoms with E-state index in [2.05, 4.69) is 0 Å². The van der Waals surface area contributed by atoms with Crippen LogP contribution in [0.1, 0.15) is 35.2 Å². The van der Waals surface area contributed by atoms with Crippen LogP contribution >= 0.6 is 11.8 Å². The van der Waals surface area contributed by atoms with E-state index in [0.717, 1.165) is 17.9 Å². The monoisotopic (exact) mass is 264 g/mol. The predicted molar refractivity (Wildman–Crippen MR) is 76.1 cm³/mol. The van der Waals surface area contributed by atoms with Crippen molar-refractivity contribution in [3.8, 4) is 0 Å². The standard InChI is InChI=1S/C15H20O2S/c1-12-4-2-3-5-14(12)15(16)17-9-6-13-7-10-18-11-8-13/h2-5,13H,6-11H2,1H3.